The molecule has 0 saturated heterocycles. The third-order valence-electron chi connectivity index (χ3n) is 6.61. The monoisotopic (exact) mass is 328 g/mol. The molecule has 2 atom stereocenters. The lowest BCUT2D eigenvalue weighted by atomic mass is 9.59. The average Bonchev–Trinajstić information content (AvgIpc) is 2.68. The number of pyridine rings is 1. The second-order valence-corrected chi connectivity index (χ2v) is 7.33. The van der Waals surface area contributed by atoms with Gasteiger partial charge in [0.2, 0.25) is 5.69 Å². The summed E-state index contributed by atoms with van der Waals surface area (Å²) in [6.45, 7) is 11.3. The molecule has 1 aliphatic heterocycles. The van der Waals surface area contributed by atoms with E-state index in [1.165, 1.54) is 27.6 Å². The topological polar surface area (TPSA) is 3.88 Å². The van der Waals surface area contributed by atoms with Gasteiger partial charge in [0.05, 0.1) is 16.4 Å². The Kier molecular flexibility index (Phi) is 3.57. The van der Waals surface area contributed by atoms with Gasteiger partial charge in [-0.05, 0) is 42.5 Å². The van der Waals surface area contributed by atoms with Crippen LogP contribution in [0.25, 0.3) is 22.0 Å². The molecule has 2 aromatic carbocycles. The zero-order valence-corrected chi connectivity index (χ0v) is 15.4. The maximum atomic E-state index is 4.30. The summed E-state index contributed by atoms with van der Waals surface area (Å²) in [5.41, 5.74) is 4.00. The van der Waals surface area contributed by atoms with Crippen LogP contribution < -0.4 is 4.57 Å². The molecule has 0 bridgehead atoms. The van der Waals surface area contributed by atoms with Crippen molar-refractivity contribution in [2.75, 3.05) is 0 Å². The Labute approximate surface area is 150 Å². The van der Waals surface area contributed by atoms with Crippen LogP contribution in [-0.2, 0) is 11.0 Å². The molecule has 1 heteroatoms. The van der Waals surface area contributed by atoms with Crippen molar-refractivity contribution in [2.24, 2.45) is 0 Å². The average molecular weight is 328 g/mol. The van der Waals surface area contributed by atoms with Gasteiger partial charge in [0.25, 0.3) is 0 Å². The number of hydrogen-bond donors (Lipinski definition) is 0. The summed E-state index contributed by atoms with van der Waals surface area (Å²) in [6.07, 6.45) is 6.55. The van der Waals surface area contributed by atoms with Gasteiger partial charge in [-0.2, -0.15) is 4.57 Å². The summed E-state index contributed by atoms with van der Waals surface area (Å²) in [6, 6.07) is 19.9. The molecule has 4 rings (SSSR count). The SMILES string of the molecule is C=CC1(CC)[n+]2ccc3ccccc3c2-c2ccccc2C1(C)CC. The fraction of sp³-hybridized carbons (Fsp3) is 0.292. The molecule has 0 saturated carbocycles. The molecule has 0 spiro atoms. The van der Waals surface area contributed by atoms with Crippen LogP contribution >= 0.6 is 0 Å². The largest absolute Gasteiger partial charge is 0.221 e. The third kappa shape index (κ3) is 1.87. The molecule has 3 aromatic rings. The maximum Gasteiger partial charge on any atom is 0.221 e. The molecule has 0 amide bonds. The van der Waals surface area contributed by atoms with E-state index in [1.54, 1.807) is 0 Å². The molecule has 25 heavy (non-hydrogen) atoms. The van der Waals surface area contributed by atoms with Crippen LogP contribution in [0.3, 0.4) is 0 Å². The molecule has 0 radical (unpaired) electrons. The Balaban J connectivity index is 2.24. The minimum Gasteiger partial charge on any atom is -0.188 e. The van der Waals surface area contributed by atoms with E-state index in [1.807, 2.05) is 0 Å². The highest BCUT2D eigenvalue weighted by atomic mass is 15.1. The van der Waals surface area contributed by atoms with Crippen molar-refractivity contribution in [1.29, 1.82) is 0 Å². The molecule has 2 unspecified atom stereocenters. The second-order valence-electron chi connectivity index (χ2n) is 7.33. The molecular weight excluding hydrogens is 302 g/mol. The predicted octanol–water partition coefficient (Wildman–Crippen LogP) is 5.77. The number of benzene rings is 2. The van der Waals surface area contributed by atoms with Crippen LogP contribution in [0.1, 0.15) is 39.2 Å². The Morgan fingerprint density at radius 3 is 2.40 bits per heavy atom. The minimum absolute atomic E-state index is 0.0141. The number of allylic oxidation sites excluding steroid dienone is 1. The summed E-state index contributed by atoms with van der Waals surface area (Å²) in [4.78, 5) is 0. The summed E-state index contributed by atoms with van der Waals surface area (Å²) >= 11 is 0. The molecule has 1 nitrogen and oxygen atoms in total. The van der Waals surface area contributed by atoms with Crippen LogP contribution in [-0.4, -0.2) is 0 Å². The first-order valence-electron chi connectivity index (χ1n) is 9.30. The van der Waals surface area contributed by atoms with E-state index in [2.05, 4.69) is 98.8 Å². The molecule has 126 valence electrons. The van der Waals surface area contributed by atoms with Crippen molar-refractivity contribution in [3.8, 4) is 11.3 Å². The predicted molar refractivity (Wildman–Crippen MR) is 106 cm³/mol. The Morgan fingerprint density at radius 1 is 0.960 bits per heavy atom. The standard InChI is InChI=1S/C24H26N/c1-5-23(4)21-15-11-10-14-20(21)22-19-13-9-8-12-18(19)16-17-25(22)24(23,6-2)7-3/h6,8-17H,2,5,7H2,1,3-4H3/q+1. The highest BCUT2D eigenvalue weighted by Crippen LogP contribution is 2.51. The van der Waals surface area contributed by atoms with E-state index in [0.29, 0.717) is 0 Å². The zero-order valence-electron chi connectivity index (χ0n) is 15.4. The lowest BCUT2D eigenvalue weighted by Gasteiger charge is -2.46. The van der Waals surface area contributed by atoms with Crippen LogP contribution in [0, 0.1) is 0 Å². The van der Waals surface area contributed by atoms with Crippen molar-refractivity contribution >= 4 is 10.8 Å². The van der Waals surface area contributed by atoms with Gasteiger partial charge >= 0.3 is 0 Å². The Hall–Kier alpha value is -2.41. The van der Waals surface area contributed by atoms with E-state index in [0.717, 1.165) is 12.8 Å². The van der Waals surface area contributed by atoms with Crippen molar-refractivity contribution in [3.63, 3.8) is 0 Å². The van der Waals surface area contributed by atoms with Crippen LogP contribution in [0.2, 0.25) is 0 Å². The lowest BCUT2D eigenvalue weighted by Crippen LogP contribution is -2.68. The smallest absolute Gasteiger partial charge is 0.188 e. The normalized spacial score (nSPS) is 24.6. The molecule has 1 aromatic heterocycles. The van der Waals surface area contributed by atoms with Crippen molar-refractivity contribution < 1.29 is 4.57 Å². The number of hydrogen-bond acceptors (Lipinski definition) is 0. The first-order chi connectivity index (χ1) is 12.1. The van der Waals surface area contributed by atoms with Gasteiger partial charge in [-0.25, -0.2) is 0 Å². The minimum atomic E-state index is -0.129. The molecule has 0 N–H and O–H groups in total. The first kappa shape index (κ1) is 16.1. The van der Waals surface area contributed by atoms with Crippen LogP contribution in [0.15, 0.2) is 73.4 Å². The van der Waals surface area contributed by atoms with Gasteiger partial charge in [0.15, 0.2) is 11.7 Å². The van der Waals surface area contributed by atoms with Crippen molar-refractivity contribution in [2.45, 2.75) is 44.6 Å². The second kappa shape index (κ2) is 5.56. The van der Waals surface area contributed by atoms with Crippen LogP contribution in [0.4, 0.5) is 0 Å². The number of rotatable bonds is 3. The highest BCUT2D eigenvalue weighted by Gasteiger charge is 2.57. The van der Waals surface area contributed by atoms with Crippen molar-refractivity contribution in [3.05, 3.63) is 79.0 Å². The number of aromatic nitrogens is 1. The summed E-state index contributed by atoms with van der Waals surface area (Å²) < 4.78 is 2.49. The quantitative estimate of drug-likeness (QED) is 0.425. The molecular formula is C24H26N+. The number of nitrogens with zero attached hydrogens (tertiary/aromatic N) is 1. The van der Waals surface area contributed by atoms with Crippen LogP contribution in [0.5, 0.6) is 0 Å². The summed E-state index contributed by atoms with van der Waals surface area (Å²) in [5, 5.41) is 2.60. The van der Waals surface area contributed by atoms with E-state index in [9.17, 15) is 0 Å². The van der Waals surface area contributed by atoms with E-state index >= 15 is 0 Å². The zero-order chi connectivity index (χ0) is 17.7. The fourth-order valence-corrected chi connectivity index (χ4v) is 5.02. The highest BCUT2D eigenvalue weighted by molar-refractivity contribution is 5.94. The summed E-state index contributed by atoms with van der Waals surface area (Å²) in [5.74, 6) is 0. The van der Waals surface area contributed by atoms with Gasteiger partial charge in [0, 0.05) is 12.5 Å². The van der Waals surface area contributed by atoms with E-state index < -0.39 is 0 Å². The van der Waals surface area contributed by atoms with Crippen molar-refractivity contribution in [1.82, 2.24) is 0 Å². The summed E-state index contributed by atoms with van der Waals surface area (Å²) in [7, 11) is 0. The van der Waals surface area contributed by atoms with Gasteiger partial charge in [0.1, 0.15) is 0 Å². The molecule has 2 heterocycles. The molecule has 0 aliphatic carbocycles. The van der Waals surface area contributed by atoms with E-state index in [-0.39, 0.29) is 11.0 Å². The van der Waals surface area contributed by atoms with Gasteiger partial charge in [-0.15, -0.1) is 0 Å². The molecule has 1 aliphatic rings. The fourth-order valence-electron chi connectivity index (χ4n) is 5.02. The van der Waals surface area contributed by atoms with Gasteiger partial charge in [-0.3, -0.25) is 0 Å². The van der Waals surface area contributed by atoms with E-state index in [4.69, 9.17) is 0 Å². The first-order valence-corrected chi connectivity index (χ1v) is 9.30. The Morgan fingerprint density at radius 2 is 1.68 bits per heavy atom. The lowest BCUT2D eigenvalue weighted by molar-refractivity contribution is -0.755. The Bertz CT molecular complexity index is 971. The van der Waals surface area contributed by atoms with Gasteiger partial charge < -0.3 is 0 Å². The third-order valence-corrected chi connectivity index (χ3v) is 6.61. The maximum absolute atomic E-state index is 4.30. The molecule has 0 fully saturated rings. The van der Waals surface area contributed by atoms with Gasteiger partial charge in [-0.1, -0.05) is 56.8 Å². The number of fused-ring (bicyclic) bond motifs is 5.